The van der Waals surface area contributed by atoms with Crippen LogP contribution in [0.2, 0.25) is 0 Å². The molecule has 0 amide bonds. The van der Waals surface area contributed by atoms with Gasteiger partial charge in [-0.1, -0.05) is 6.58 Å². The van der Waals surface area contributed by atoms with Crippen LogP contribution in [0.15, 0.2) is 12.2 Å². The lowest BCUT2D eigenvalue weighted by Crippen LogP contribution is -2.49. The molecule has 0 spiro atoms. The van der Waals surface area contributed by atoms with E-state index in [0.29, 0.717) is 12.1 Å². The maximum Gasteiger partial charge on any atom is 0.333 e. The lowest BCUT2D eigenvalue weighted by Gasteiger charge is -2.31. The Morgan fingerprint density at radius 2 is 2.00 bits per heavy atom. The van der Waals surface area contributed by atoms with Crippen molar-refractivity contribution < 1.29 is 32.1 Å². The molecule has 0 aromatic carbocycles. The van der Waals surface area contributed by atoms with Crippen LogP contribution in [0.4, 0.5) is 0 Å². The molecule has 0 aliphatic rings. The maximum absolute atomic E-state index is 11.1. The van der Waals surface area contributed by atoms with Crippen LogP contribution in [-0.2, 0) is 19.6 Å². The van der Waals surface area contributed by atoms with Gasteiger partial charge < -0.3 is 18.9 Å². The molecule has 8 heteroatoms. The third-order valence-electron chi connectivity index (χ3n) is 2.38. The van der Waals surface area contributed by atoms with Crippen molar-refractivity contribution in [2.24, 2.45) is 0 Å². The minimum Gasteiger partial charge on any atom is -0.748 e. The van der Waals surface area contributed by atoms with Gasteiger partial charge in [0.15, 0.2) is 0 Å². The van der Waals surface area contributed by atoms with Crippen molar-refractivity contribution in [2.75, 3.05) is 39.5 Å². The summed E-state index contributed by atoms with van der Waals surface area (Å²) in [6.07, 6.45) is -1.24. The monoisotopic (exact) mass is 295 g/mol. The fourth-order valence-electron chi connectivity index (χ4n) is 1.46. The SMILES string of the molecule is C=C(C)C(=O)OCC[N+](C)(C)CC(O)CS(=O)(=O)[O-]. The van der Waals surface area contributed by atoms with Crippen molar-refractivity contribution in [3.8, 4) is 0 Å². The van der Waals surface area contributed by atoms with Gasteiger partial charge in [0.25, 0.3) is 0 Å². The fourth-order valence-corrected chi connectivity index (χ4v) is 2.04. The number of rotatable bonds is 8. The van der Waals surface area contributed by atoms with E-state index in [-0.39, 0.29) is 17.6 Å². The fraction of sp³-hybridized carbons (Fsp3) is 0.727. The number of aliphatic hydroxyl groups excluding tert-OH is 1. The highest BCUT2D eigenvalue weighted by Gasteiger charge is 2.22. The van der Waals surface area contributed by atoms with Gasteiger partial charge in [0.2, 0.25) is 0 Å². The van der Waals surface area contributed by atoms with E-state index in [1.165, 1.54) is 6.92 Å². The molecular formula is C11H21NO6S. The Kier molecular flexibility index (Phi) is 6.64. The highest BCUT2D eigenvalue weighted by Crippen LogP contribution is 2.03. The van der Waals surface area contributed by atoms with Gasteiger partial charge in [-0.3, -0.25) is 0 Å². The van der Waals surface area contributed by atoms with E-state index in [0.717, 1.165) is 0 Å². The number of ether oxygens (including phenoxy) is 1. The Balaban J connectivity index is 4.18. The Hall–Kier alpha value is -0.960. The highest BCUT2D eigenvalue weighted by atomic mass is 32.2. The number of likely N-dealkylation sites (N-methyl/N-ethyl adjacent to an activating group) is 1. The molecule has 1 N–H and O–H groups in total. The molecule has 0 saturated heterocycles. The van der Waals surface area contributed by atoms with Gasteiger partial charge in [0.05, 0.1) is 30.0 Å². The van der Waals surface area contributed by atoms with Crippen LogP contribution in [0.3, 0.4) is 0 Å². The first-order valence-electron chi connectivity index (χ1n) is 5.69. The molecule has 0 aromatic heterocycles. The van der Waals surface area contributed by atoms with E-state index in [4.69, 9.17) is 4.74 Å². The number of carbonyl (C=O) groups excluding carboxylic acids is 1. The second-order valence-electron chi connectivity index (χ2n) is 5.14. The molecule has 0 radical (unpaired) electrons. The molecule has 0 saturated carbocycles. The summed E-state index contributed by atoms with van der Waals surface area (Å²) >= 11 is 0. The number of quaternary nitrogens is 1. The van der Waals surface area contributed by atoms with Gasteiger partial charge in [0.1, 0.15) is 25.8 Å². The summed E-state index contributed by atoms with van der Waals surface area (Å²) in [5, 5.41) is 9.50. The zero-order valence-corrected chi connectivity index (χ0v) is 12.3. The van der Waals surface area contributed by atoms with Crippen molar-refractivity contribution in [1.82, 2.24) is 0 Å². The van der Waals surface area contributed by atoms with Gasteiger partial charge in [0, 0.05) is 5.57 Å². The van der Waals surface area contributed by atoms with Crippen LogP contribution in [0.5, 0.6) is 0 Å². The van der Waals surface area contributed by atoms with E-state index in [1.54, 1.807) is 14.1 Å². The summed E-state index contributed by atoms with van der Waals surface area (Å²) in [7, 11) is -0.985. The average molecular weight is 295 g/mol. The Morgan fingerprint density at radius 1 is 1.47 bits per heavy atom. The van der Waals surface area contributed by atoms with Crippen LogP contribution in [0.1, 0.15) is 6.92 Å². The van der Waals surface area contributed by atoms with Crippen LogP contribution >= 0.6 is 0 Å². The molecule has 112 valence electrons. The first-order chi connectivity index (χ1) is 8.43. The Morgan fingerprint density at radius 3 is 2.42 bits per heavy atom. The summed E-state index contributed by atoms with van der Waals surface area (Å²) < 4.78 is 36.6. The lowest BCUT2D eigenvalue weighted by molar-refractivity contribution is -0.893. The normalized spacial score (nSPS) is 13.9. The second kappa shape index (κ2) is 6.99. The molecule has 1 atom stereocenters. The van der Waals surface area contributed by atoms with Crippen molar-refractivity contribution >= 4 is 16.1 Å². The molecule has 0 fully saturated rings. The number of hydrogen-bond donors (Lipinski definition) is 1. The van der Waals surface area contributed by atoms with E-state index in [1.807, 2.05) is 0 Å². The summed E-state index contributed by atoms with van der Waals surface area (Å²) in [6, 6.07) is 0. The lowest BCUT2D eigenvalue weighted by atomic mass is 10.3. The average Bonchev–Trinajstić information content (AvgIpc) is 2.12. The van der Waals surface area contributed by atoms with Crippen LogP contribution in [-0.4, -0.2) is 74.2 Å². The zero-order valence-electron chi connectivity index (χ0n) is 11.5. The van der Waals surface area contributed by atoms with Gasteiger partial charge in [-0.05, 0) is 6.92 Å². The minimum absolute atomic E-state index is 0.0755. The first-order valence-corrected chi connectivity index (χ1v) is 7.27. The maximum atomic E-state index is 11.1. The second-order valence-corrected chi connectivity index (χ2v) is 6.59. The Bertz CT molecular complexity index is 428. The molecule has 0 aliphatic carbocycles. The summed E-state index contributed by atoms with van der Waals surface area (Å²) in [5.41, 5.74) is 0.294. The van der Waals surface area contributed by atoms with Crippen molar-refractivity contribution in [3.63, 3.8) is 0 Å². The minimum atomic E-state index is -4.45. The topological polar surface area (TPSA) is 104 Å². The standard InChI is InChI=1S/C11H21NO6S/c1-9(2)11(14)18-6-5-12(3,4)7-10(13)8-19(15,16)17/h10,13H,1,5-8H2,2-4H3. The predicted octanol–water partition coefficient (Wildman–Crippen LogP) is -0.912. The first kappa shape index (κ1) is 18.0. The molecule has 7 nitrogen and oxygen atoms in total. The number of nitrogens with zero attached hydrogens (tertiary/aromatic N) is 1. The summed E-state index contributed by atoms with van der Waals surface area (Å²) in [5.74, 6) is -1.32. The van der Waals surface area contributed by atoms with E-state index in [2.05, 4.69) is 6.58 Å². The Labute approximate surface area is 113 Å². The molecule has 0 heterocycles. The van der Waals surface area contributed by atoms with Crippen LogP contribution < -0.4 is 0 Å². The number of esters is 1. The molecule has 0 rings (SSSR count). The number of aliphatic hydroxyl groups is 1. The van der Waals surface area contributed by atoms with Gasteiger partial charge in [-0.25, -0.2) is 13.2 Å². The molecule has 19 heavy (non-hydrogen) atoms. The van der Waals surface area contributed by atoms with E-state index >= 15 is 0 Å². The van der Waals surface area contributed by atoms with Crippen LogP contribution in [0.25, 0.3) is 0 Å². The third kappa shape index (κ3) is 9.60. The predicted molar refractivity (Wildman–Crippen MR) is 68.2 cm³/mol. The largest absolute Gasteiger partial charge is 0.748 e. The van der Waals surface area contributed by atoms with Crippen molar-refractivity contribution in [1.29, 1.82) is 0 Å². The molecule has 0 aromatic rings. The van der Waals surface area contributed by atoms with Gasteiger partial charge in [-0.15, -0.1) is 0 Å². The van der Waals surface area contributed by atoms with Gasteiger partial charge in [-0.2, -0.15) is 0 Å². The molecule has 0 aliphatic heterocycles. The number of hydrogen-bond acceptors (Lipinski definition) is 6. The van der Waals surface area contributed by atoms with Crippen LogP contribution in [0, 0.1) is 0 Å². The van der Waals surface area contributed by atoms with E-state index in [9.17, 15) is 22.9 Å². The third-order valence-corrected chi connectivity index (χ3v) is 3.17. The zero-order chi connectivity index (χ0) is 15.3. The van der Waals surface area contributed by atoms with Crippen molar-refractivity contribution in [3.05, 3.63) is 12.2 Å². The summed E-state index contributed by atoms with van der Waals surface area (Å²) in [6.45, 7) is 5.55. The summed E-state index contributed by atoms with van der Waals surface area (Å²) in [4.78, 5) is 11.1. The molecule has 0 bridgehead atoms. The highest BCUT2D eigenvalue weighted by molar-refractivity contribution is 7.85. The quantitative estimate of drug-likeness (QED) is 0.269. The molecular weight excluding hydrogens is 274 g/mol. The molecule has 1 unspecified atom stereocenters. The van der Waals surface area contributed by atoms with E-state index < -0.39 is 27.9 Å². The smallest absolute Gasteiger partial charge is 0.333 e. The van der Waals surface area contributed by atoms with Crippen molar-refractivity contribution in [2.45, 2.75) is 13.0 Å². The number of carbonyl (C=O) groups is 1. The van der Waals surface area contributed by atoms with Gasteiger partial charge >= 0.3 is 5.97 Å².